The molecule has 1 aliphatic rings. The lowest BCUT2D eigenvalue weighted by Crippen LogP contribution is -2.40. The average molecular weight is 304 g/mol. The second kappa shape index (κ2) is 6.21. The van der Waals surface area contributed by atoms with Gasteiger partial charge in [-0.25, -0.2) is 4.79 Å². The van der Waals surface area contributed by atoms with Crippen LogP contribution in [0.1, 0.15) is 12.8 Å². The van der Waals surface area contributed by atoms with Crippen LogP contribution in [0.25, 0.3) is 0 Å². The largest absolute Gasteiger partial charge is 0.573 e. The molecule has 1 aliphatic heterocycles. The van der Waals surface area contributed by atoms with Gasteiger partial charge < -0.3 is 20.1 Å². The number of urea groups is 1. The van der Waals surface area contributed by atoms with Gasteiger partial charge in [-0.2, -0.15) is 0 Å². The Morgan fingerprint density at radius 1 is 1.48 bits per heavy atom. The fourth-order valence-electron chi connectivity index (χ4n) is 2.26. The summed E-state index contributed by atoms with van der Waals surface area (Å²) in [6.45, 7) is 0.375. The van der Waals surface area contributed by atoms with Gasteiger partial charge in [-0.05, 0) is 25.0 Å². The Hall–Kier alpha value is -1.96. The van der Waals surface area contributed by atoms with E-state index >= 15 is 0 Å². The van der Waals surface area contributed by atoms with Crippen molar-refractivity contribution in [3.8, 4) is 5.75 Å². The van der Waals surface area contributed by atoms with E-state index in [-0.39, 0.29) is 18.3 Å². The average Bonchev–Trinajstić information content (AvgIpc) is 2.85. The maximum absolute atomic E-state index is 12.1. The molecule has 2 rings (SSSR count). The molecule has 0 saturated carbocycles. The number of hydrogen-bond acceptors (Lipinski definition) is 3. The summed E-state index contributed by atoms with van der Waals surface area (Å²) in [4.78, 5) is 13.5. The number of aliphatic hydroxyl groups excluding tert-OH is 1. The molecule has 1 aromatic carbocycles. The number of anilines is 1. The Morgan fingerprint density at radius 2 is 2.24 bits per heavy atom. The lowest BCUT2D eigenvalue weighted by molar-refractivity contribution is -0.274. The molecule has 116 valence electrons. The molecule has 5 nitrogen and oxygen atoms in total. The topological polar surface area (TPSA) is 61.8 Å². The van der Waals surface area contributed by atoms with Crippen LogP contribution < -0.4 is 10.1 Å². The molecule has 0 unspecified atom stereocenters. The number of benzene rings is 1. The van der Waals surface area contributed by atoms with Crippen LogP contribution in [0.5, 0.6) is 5.75 Å². The van der Waals surface area contributed by atoms with E-state index in [1.807, 2.05) is 0 Å². The second-order valence-electron chi connectivity index (χ2n) is 4.68. The number of nitrogens with zero attached hydrogens (tertiary/aromatic N) is 1. The van der Waals surface area contributed by atoms with Gasteiger partial charge in [0.25, 0.3) is 0 Å². The molecule has 1 atom stereocenters. The maximum atomic E-state index is 12.1. The number of carbonyl (C=O) groups is 1. The van der Waals surface area contributed by atoms with Crippen LogP contribution in [0.4, 0.5) is 23.7 Å². The fraction of sp³-hybridized carbons (Fsp3) is 0.462. The van der Waals surface area contributed by atoms with E-state index in [0.717, 1.165) is 18.6 Å². The Bertz CT molecular complexity index is 508. The molecular formula is C13H15F3N2O3. The number of aliphatic hydroxyl groups is 1. The normalized spacial score (nSPS) is 18.7. The number of amides is 2. The first kappa shape index (κ1) is 15.4. The SMILES string of the molecule is O=C(Nc1cccc(OC(F)(F)F)c1)N1CCC[C@@H]1CO. The van der Waals surface area contributed by atoms with E-state index in [1.54, 1.807) is 0 Å². The van der Waals surface area contributed by atoms with Crippen LogP contribution in [0.2, 0.25) is 0 Å². The third-order valence-electron chi connectivity index (χ3n) is 3.17. The molecule has 0 radical (unpaired) electrons. The molecule has 0 spiro atoms. The molecule has 1 aromatic rings. The van der Waals surface area contributed by atoms with E-state index in [2.05, 4.69) is 10.1 Å². The van der Waals surface area contributed by atoms with Gasteiger partial charge >= 0.3 is 12.4 Å². The zero-order chi connectivity index (χ0) is 15.5. The van der Waals surface area contributed by atoms with Gasteiger partial charge in [0.1, 0.15) is 5.75 Å². The highest BCUT2D eigenvalue weighted by Crippen LogP contribution is 2.25. The number of hydrogen-bond donors (Lipinski definition) is 2. The van der Waals surface area contributed by atoms with Crippen LogP contribution >= 0.6 is 0 Å². The minimum absolute atomic E-state index is 0.134. The minimum Gasteiger partial charge on any atom is -0.406 e. The third-order valence-corrected chi connectivity index (χ3v) is 3.17. The molecule has 1 heterocycles. The quantitative estimate of drug-likeness (QED) is 0.902. The van der Waals surface area contributed by atoms with Crippen molar-refractivity contribution in [1.29, 1.82) is 0 Å². The van der Waals surface area contributed by atoms with Gasteiger partial charge in [0.2, 0.25) is 0 Å². The number of rotatable bonds is 3. The number of halogens is 3. The standard InChI is InChI=1S/C13H15F3N2O3/c14-13(15,16)21-11-5-1-3-9(7-11)17-12(20)18-6-2-4-10(18)8-19/h1,3,5,7,10,19H,2,4,6,8H2,(H,17,20)/t10-/m1/s1. The predicted molar refractivity (Wildman–Crippen MR) is 69.0 cm³/mol. The Balaban J connectivity index is 2.02. The summed E-state index contributed by atoms with van der Waals surface area (Å²) in [5.74, 6) is -0.402. The Morgan fingerprint density at radius 3 is 2.90 bits per heavy atom. The van der Waals surface area contributed by atoms with Crippen molar-refractivity contribution in [1.82, 2.24) is 4.90 Å². The monoisotopic (exact) mass is 304 g/mol. The van der Waals surface area contributed by atoms with Crippen molar-refractivity contribution in [3.63, 3.8) is 0 Å². The van der Waals surface area contributed by atoms with Crippen molar-refractivity contribution in [2.75, 3.05) is 18.5 Å². The molecular weight excluding hydrogens is 289 g/mol. The number of likely N-dealkylation sites (tertiary alicyclic amines) is 1. The fourth-order valence-corrected chi connectivity index (χ4v) is 2.26. The molecule has 0 bridgehead atoms. The summed E-state index contributed by atoms with van der Waals surface area (Å²) in [6.07, 6.45) is -3.28. The first-order valence-corrected chi connectivity index (χ1v) is 6.43. The molecule has 8 heteroatoms. The second-order valence-corrected chi connectivity index (χ2v) is 4.68. The number of nitrogens with one attached hydrogen (secondary N) is 1. The maximum Gasteiger partial charge on any atom is 0.573 e. The van der Waals surface area contributed by atoms with Gasteiger partial charge in [-0.1, -0.05) is 6.07 Å². The lowest BCUT2D eigenvalue weighted by Gasteiger charge is -2.23. The van der Waals surface area contributed by atoms with E-state index in [0.29, 0.717) is 13.0 Å². The minimum atomic E-state index is -4.78. The van der Waals surface area contributed by atoms with Crippen LogP contribution in [0.15, 0.2) is 24.3 Å². The molecule has 1 saturated heterocycles. The molecule has 2 amide bonds. The van der Waals surface area contributed by atoms with Gasteiger partial charge in [-0.15, -0.1) is 13.2 Å². The summed E-state index contributed by atoms with van der Waals surface area (Å²) >= 11 is 0. The highest BCUT2D eigenvalue weighted by molar-refractivity contribution is 5.89. The van der Waals surface area contributed by atoms with E-state index in [1.165, 1.54) is 17.0 Å². The highest BCUT2D eigenvalue weighted by atomic mass is 19.4. The van der Waals surface area contributed by atoms with E-state index in [9.17, 15) is 18.0 Å². The molecule has 2 N–H and O–H groups in total. The van der Waals surface area contributed by atoms with Crippen LogP contribution in [-0.4, -0.2) is 41.6 Å². The van der Waals surface area contributed by atoms with Crippen molar-refractivity contribution in [3.05, 3.63) is 24.3 Å². The van der Waals surface area contributed by atoms with Crippen molar-refractivity contribution in [2.45, 2.75) is 25.2 Å². The van der Waals surface area contributed by atoms with Crippen LogP contribution in [-0.2, 0) is 0 Å². The zero-order valence-electron chi connectivity index (χ0n) is 11.1. The molecule has 0 aromatic heterocycles. The number of ether oxygens (including phenoxy) is 1. The summed E-state index contributed by atoms with van der Waals surface area (Å²) in [7, 11) is 0. The first-order valence-electron chi connectivity index (χ1n) is 6.43. The number of alkyl halides is 3. The Kier molecular flexibility index (Phi) is 4.56. The third kappa shape index (κ3) is 4.25. The first-order chi connectivity index (χ1) is 9.89. The molecule has 21 heavy (non-hydrogen) atoms. The van der Waals surface area contributed by atoms with Crippen molar-refractivity contribution in [2.24, 2.45) is 0 Å². The van der Waals surface area contributed by atoms with Gasteiger partial charge in [-0.3, -0.25) is 0 Å². The van der Waals surface area contributed by atoms with Crippen molar-refractivity contribution < 1.29 is 27.8 Å². The van der Waals surface area contributed by atoms with Crippen LogP contribution in [0.3, 0.4) is 0 Å². The summed E-state index contributed by atoms with van der Waals surface area (Å²) in [6, 6.07) is 4.36. The molecule has 1 fully saturated rings. The summed E-state index contributed by atoms with van der Waals surface area (Å²) < 4.78 is 40.2. The molecule has 0 aliphatic carbocycles. The number of carbonyl (C=O) groups excluding carboxylic acids is 1. The van der Waals surface area contributed by atoms with E-state index in [4.69, 9.17) is 5.11 Å². The van der Waals surface area contributed by atoms with Gasteiger partial charge in [0.05, 0.1) is 12.6 Å². The summed E-state index contributed by atoms with van der Waals surface area (Å²) in [5.41, 5.74) is 0.199. The van der Waals surface area contributed by atoms with Gasteiger partial charge in [0.15, 0.2) is 0 Å². The lowest BCUT2D eigenvalue weighted by atomic mass is 10.2. The summed E-state index contributed by atoms with van der Waals surface area (Å²) in [5, 5.41) is 11.7. The highest BCUT2D eigenvalue weighted by Gasteiger charge is 2.31. The van der Waals surface area contributed by atoms with Crippen LogP contribution in [0, 0.1) is 0 Å². The van der Waals surface area contributed by atoms with E-state index < -0.39 is 18.1 Å². The smallest absolute Gasteiger partial charge is 0.406 e. The predicted octanol–water partition coefficient (Wildman–Crippen LogP) is 2.57. The Labute approximate surface area is 119 Å². The zero-order valence-corrected chi connectivity index (χ0v) is 11.1. The van der Waals surface area contributed by atoms with Crippen molar-refractivity contribution >= 4 is 11.7 Å². The van der Waals surface area contributed by atoms with Gasteiger partial charge in [0, 0.05) is 18.3 Å².